The number of amides is 1. The fourth-order valence-corrected chi connectivity index (χ4v) is 2.48. The van der Waals surface area contributed by atoms with Crippen LogP contribution in [0.2, 0.25) is 0 Å². The zero-order valence-electron chi connectivity index (χ0n) is 14.4. The number of nitrogens with zero attached hydrogens (tertiary/aromatic N) is 4. The molecule has 124 valence electrons. The highest BCUT2D eigenvalue weighted by molar-refractivity contribution is 5.76. The molecule has 0 radical (unpaired) electrons. The number of hydrogen-bond acceptors (Lipinski definition) is 5. The lowest BCUT2D eigenvalue weighted by Gasteiger charge is -2.35. The van der Waals surface area contributed by atoms with Crippen LogP contribution in [0.5, 0.6) is 0 Å². The summed E-state index contributed by atoms with van der Waals surface area (Å²) < 4.78 is 5.64. The van der Waals surface area contributed by atoms with Crippen LogP contribution in [-0.4, -0.2) is 52.1 Å². The van der Waals surface area contributed by atoms with Crippen molar-refractivity contribution in [3.8, 4) is 0 Å². The third-order valence-electron chi connectivity index (χ3n) is 3.74. The molecule has 1 aliphatic heterocycles. The summed E-state index contributed by atoms with van der Waals surface area (Å²) in [6.45, 7) is 14.3. The SMILES string of the molecule is CC(C)c1nnc(CN2CCN(C(=O)CC(C)(C)C)CC2)o1. The van der Waals surface area contributed by atoms with Crippen LogP contribution in [0, 0.1) is 5.41 Å². The van der Waals surface area contributed by atoms with E-state index in [4.69, 9.17) is 4.42 Å². The maximum atomic E-state index is 12.2. The third kappa shape index (κ3) is 4.80. The lowest BCUT2D eigenvalue weighted by molar-refractivity contribution is -0.134. The monoisotopic (exact) mass is 308 g/mol. The molecule has 0 N–H and O–H groups in total. The fourth-order valence-electron chi connectivity index (χ4n) is 2.48. The van der Waals surface area contributed by atoms with Crippen molar-refractivity contribution in [3.05, 3.63) is 11.8 Å². The van der Waals surface area contributed by atoms with Gasteiger partial charge in [0.2, 0.25) is 17.7 Å². The normalized spacial score (nSPS) is 17.3. The second-order valence-electron chi connectivity index (χ2n) is 7.58. The maximum absolute atomic E-state index is 12.2. The van der Waals surface area contributed by atoms with Crippen molar-refractivity contribution in [2.24, 2.45) is 5.41 Å². The van der Waals surface area contributed by atoms with Gasteiger partial charge in [0, 0.05) is 38.5 Å². The van der Waals surface area contributed by atoms with Crippen molar-refractivity contribution in [2.75, 3.05) is 26.2 Å². The van der Waals surface area contributed by atoms with E-state index in [9.17, 15) is 4.79 Å². The molecule has 6 heteroatoms. The topological polar surface area (TPSA) is 62.5 Å². The van der Waals surface area contributed by atoms with Gasteiger partial charge in [-0.1, -0.05) is 34.6 Å². The van der Waals surface area contributed by atoms with Gasteiger partial charge in [-0.25, -0.2) is 0 Å². The quantitative estimate of drug-likeness (QED) is 0.854. The van der Waals surface area contributed by atoms with Gasteiger partial charge in [-0.05, 0) is 5.41 Å². The van der Waals surface area contributed by atoms with Crippen molar-refractivity contribution >= 4 is 5.91 Å². The predicted molar refractivity (Wildman–Crippen MR) is 84.3 cm³/mol. The largest absolute Gasteiger partial charge is 0.424 e. The second kappa shape index (κ2) is 6.77. The zero-order chi connectivity index (χ0) is 16.3. The van der Waals surface area contributed by atoms with E-state index < -0.39 is 0 Å². The standard InChI is InChI=1S/C16H28N4O2/c1-12(2)15-18-17-13(22-15)11-19-6-8-20(9-7-19)14(21)10-16(3,4)5/h12H,6-11H2,1-5H3. The average molecular weight is 308 g/mol. The van der Waals surface area contributed by atoms with Crippen molar-refractivity contribution in [2.45, 2.75) is 53.5 Å². The second-order valence-corrected chi connectivity index (χ2v) is 7.58. The first-order chi connectivity index (χ1) is 10.2. The lowest BCUT2D eigenvalue weighted by atomic mass is 9.91. The van der Waals surface area contributed by atoms with E-state index in [0.717, 1.165) is 26.2 Å². The fraction of sp³-hybridized carbons (Fsp3) is 0.812. The summed E-state index contributed by atoms with van der Waals surface area (Å²) in [4.78, 5) is 16.5. The van der Waals surface area contributed by atoms with Crippen LogP contribution in [0.25, 0.3) is 0 Å². The van der Waals surface area contributed by atoms with Crippen LogP contribution in [0.3, 0.4) is 0 Å². The number of rotatable bonds is 4. The molecule has 0 bridgehead atoms. The molecule has 0 aliphatic carbocycles. The smallest absolute Gasteiger partial charge is 0.230 e. The molecule has 6 nitrogen and oxygen atoms in total. The molecule has 0 spiro atoms. The first-order valence-corrected chi connectivity index (χ1v) is 8.07. The highest BCUT2D eigenvalue weighted by Gasteiger charge is 2.25. The number of carbonyl (C=O) groups is 1. The molecule has 0 saturated carbocycles. The summed E-state index contributed by atoms with van der Waals surface area (Å²) in [6, 6.07) is 0. The van der Waals surface area contributed by atoms with E-state index in [0.29, 0.717) is 24.7 Å². The highest BCUT2D eigenvalue weighted by atomic mass is 16.4. The molecule has 0 atom stereocenters. The van der Waals surface area contributed by atoms with Gasteiger partial charge in [0.15, 0.2) is 0 Å². The number of carbonyl (C=O) groups excluding carboxylic acids is 1. The van der Waals surface area contributed by atoms with Crippen LogP contribution >= 0.6 is 0 Å². The molecule has 1 amide bonds. The Hall–Kier alpha value is -1.43. The van der Waals surface area contributed by atoms with Crippen molar-refractivity contribution < 1.29 is 9.21 Å². The lowest BCUT2D eigenvalue weighted by Crippen LogP contribution is -2.48. The summed E-state index contributed by atoms with van der Waals surface area (Å²) in [6.07, 6.45) is 0.606. The molecular weight excluding hydrogens is 280 g/mol. The molecule has 1 saturated heterocycles. The van der Waals surface area contributed by atoms with E-state index in [2.05, 4.69) is 35.9 Å². The van der Waals surface area contributed by atoms with Gasteiger partial charge >= 0.3 is 0 Å². The summed E-state index contributed by atoms with van der Waals surface area (Å²) in [7, 11) is 0. The third-order valence-corrected chi connectivity index (χ3v) is 3.74. The Morgan fingerprint density at radius 1 is 1.18 bits per heavy atom. The van der Waals surface area contributed by atoms with E-state index in [1.54, 1.807) is 0 Å². The van der Waals surface area contributed by atoms with Crippen LogP contribution in [0.1, 0.15) is 58.7 Å². The van der Waals surface area contributed by atoms with Gasteiger partial charge in [0.1, 0.15) is 0 Å². The van der Waals surface area contributed by atoms with E-state index >= 15 is 0 Å². The summed E-state index contributed by atoms with van der Waals surface area (Å²) in [5.74, 6) is 1.87. The highest BCUT2D eigenvalue weighted by Crippen LogP contribution is 2.20. The molecular formula is C16H28N4O2. The molecule has 1 fully saturated rings. The van der Waals surface area contributed by atoms with Crippen LogP contribution in [0.15, 0.2) is 4.42 Å². The predicted octanol–water partition coefficient (Wildman–Crippen LogP) is 2.27. The van der Waals surface area contributed by atoms with Gasteiger partial charge in [-0.2, -0.15) is 0 Å². The summed E-state index contributed by atoms with van der Waals surface area (Å²) >= 11 is 0. The van der Waals surface area contributed by atoms with Gasteiger partial charge in [-0.15, -0.1) is 10.2 Å². The molecule has 22 heavy (non-hydrogen) atoms. The molecule has 2 heterocycles. The van der Waals surface area contributed by atoms with Gasteiger partial charge in [0.25, 0.3) is 0 Å². The van der Waals surface area contributed by atoms with Crippen LogP contribution in [0.4, 0.5) is 0 Å². The molecule has 1 aromatic heterocycles. The van der Waals surface area contributed by atoms with Gasteiger partial charge in [-0.3, -0.25) is 9.69 Å². The van der Waals surface area contributed by atoms with Crippen LogP contribution < -0.4 is 0 Å². The molecule has 0 unspecified atom stereocenters. The molecule has 0 aromatic carbocycles. The Kier molecular flexibility index (Phi) is 5.21. The van der Waals surface area contributed by atoms with Gasteiger partial charge < -0.3 is 9.32 Å². The van der Waals surface area contributed by atoms with E-state index in [1.807, 2.05) is 18.7 Å². The Bertz CT molecular complexity index is 496. The summed E-state index contributed by atoms with van der Waals surface area (Å²) in [5.41, 5.74) is 0.0468. The van der Waals surface area contributed by atoms with Gasteiger partial charge in [0.05, 0.1) is 6.54 Å². The van der Waals surface area contributed by atoms with Crippen molar-refractivity contribution in [1.82, 2.24) is 20.0 Å². The first kappa shape index (κ1) is 16.9. The van der Waals surface area contributed by atoms with Crippen LogP contribution in [-0.2, 0) is 11.3 Å². The molecule has 1 aromatic rings. The van der Waals surface area contributed by atoms with Crippen molar-refractivity contribution in [1.29, 1.82) is 0 Å². The maximum Gasteiger partial charge on any atom is 0.230 e. The minimum atomic E-state index is 0.0468. The number of piperazine rings is 1. The molecule has 2 rings (SSSR count). The Labute approximate surface area is 132 Å². The first-order valence-electron chi connectivity index (χ1n) is 8.07. The summed E-state index contributed by atoms with van der Waals surface area (Å²) in [5, 5.41) is 8.15. The van der Waals surface area contributed by atoms with E-state index in [-0.39, 0.29) is 17.2 Å². The van der Waals surface area contributed by atoms with E-state index in [1.165, 1.54) is 0 Å². The Morgan fingerprint density at radius 2 is 1.82 bits per heavy atom. The van der Waals surface area contributed by atoms with Crippen molar-refractivity contribution in [3.63, 3.8) is 0 Å². The zero-order valence-corrected chi connectivity index (χ0v) is 14.4. The molecule has 1 aliphatic rings. The number of aromatic nitrogens is 2. The minimum Gasteiger partial charge on any atom is -0.424 e. The Morgan fingerprint density at radius 3 is 2.32 bits per heavy atom. The average Bonchev–Trinajstić information content (AvgIpc) is 2.86. The minimum absolute atomic E-state index is 0.0468. The number of hydrogen-bond donors (Lipinski definition) is 0. The Balaban J connectivity index is 1.80.